The van der Waals surface area contributed by atoms with Crippen molar-refractivity contribution in [2.75, 3.05) is 7.05 Å². The number of amidine groups is 1. The molecule has 19 heavy (non-hydrogen) atoms. The number of hydrogen-bond acceptors (Lipinski definition) is 3. The van der Waals surface area contributed by atoms with Gasteiger partial charge in [0, 0.05) is 7.05 Å². The molecule has 2 unspecified atom stereocenters. The number of nitrogens with zero attached hydrogens (tertiary/aromatic N) is 1. The van der Waals surface area contributed by atoms with E-state index in [1.54, 1.807) is 0 Å². The Kier molecular flexibility index (Phi) is 5.35. The third kappa shape index (κ3) is 3.47. The lowest BCUT2D eigenvalue weighted by Gasteiger charge is -2.31. The van der Waals surface area contributed by atoms with Crippen LogP contribution in [0.3, 0.4) is 0 Å². The Morgan fingerprint density at radius 3 is 2.58 bits per heavy atom. The van der Waals surface area contributed by atoms with E-state index in [1.165, 1.54) is 14.0 Å². The van der Waals surface area contributed by atoms with E-state index in [4.69, 9.17) is 5.41 Å². The summed E-state index contributed by atoms with van der Waals surface area (Å²) in [5.41, 5.74) is 0.963. The van der Waals surface area contributed by atoms with Crippen molar-refractivity contribution in [2.45, 2.75) is 45.3 Å². The number of hydrogen-bond donors (Lipinski definition) is 1. The van der Waals surface area contributed by atoms with Crippen molar-refractivity contribution < 1.29 is 8.42 Å². The lowest BCUT2D eigenvalue weighted by molar-refractivity contribution is 0.485. The van der Waals surface area contributed by atoms with Crippen LogP contribution >= 0.6 is 0 Å². The van der Waals surface area contributed by atoms with Crippen molar-refractivity contribution >= 4 is 15.9 Å². The van der Waals surface area contributed by atoms with Crippen LogP contribution in [0.1, 0.15) is 40.0 Å². The molecular formula is C14H24N2O2S. The zero-order valence-electron chi connectivity index (χ0n) is 12.2. The van der Waals surface area contributed by atoms with Crippen LogP contribution in [0.2, 0.25) is 0 Å². The Morgan fingerprint density at radius 2 is 2.16 bits per heavy atom. The van der Waals surface area contributed by atoms with Crippen LogP contribution in [0.4, 0.5) is 0 Å². The summed E-state index contributed by atoms with van der Waals surface area (Å²) >= 11 is 0. The third-order valence-corrected chi connectivity index (χ3v) is 6.19. The van der Waals surface area contributed by atoms with E-state index in [2.05, 4.69) is 6.08 Å². The van der Waals surface area contributed by atoms with Gasteiger partial charge in [-0.2, -0.15) is 0 Å². The average Bonchev–Trinajstić information content (AvgIpc) is 2.38. The molecule has 0 aromatic carbocycles. The zero-order valence-corrected chi connectivity index (χ0v) is 13.0. The van der Waals surface area contributed by atoms with Gasteiger partial charge in [-0.3, -0.25) is 9.71 Å². The standard InChI is InChI=1S/C14H24N2O2S/c1-5-11(2)14(13-9-7-6-8-10-13)19(17,18)16(4)12(3)15/h6-7,9,11,14-15H,5,8,10H2,1-4H3. The van der Waals surface area contributed by atoms with E-state index in [1.807, 2.05) is 26.0 Å². The van der Waals surface area contributed by atoms with Crippen LogP contribution in [-0.4, -0.2) is 30.9 Å². The molecule has 5 heteroatoms. The van der Waals surface area contributed by atoms with E-state index in [-0.39, 0.29) is 11.8 Å². The SMILES string of the molecule is CCC(C)C(C1=CC=CCC1)S(=O)(=O)N(C)C(C)=N. The molecule has 1 rings (SSSR count). The fourth-order valence-electron chi connectivity index (χ4n) is 2.28. The second-order valence-corrected chi connectivity index (χ2v) is 7.20. The second-order valence-electron chi connectivity index (χ2n) is 5.11. The van der Waals surface area contributed by atoms with Crippen LogP contribution in [-0.2, 0) is 10.0 Å². The maximum atomic E-state index is 12.7. The first-order valence-electron chi connectivity index (χ1n) is 6.70. The first-order valence-corrected chi connectivity index (χ1v) is 8.21. The lowest BCUT2D eigenvalue weighted by atomic mass is 9.93. The molecule has 2 atom stereocenters. The topological polar surface area (TPSA) is 61.2 Å². The molecule has 0 spiro atoms. The number of rotatable bonds is 5. The van der Waals surface area contributed by atoms with Crippen molar-refractivity contribution in [1.29, 1.82) is 5.41 Å². The van der Waals surface area contributed by atoms with Crippen LogP contribution in [0.5, 0.6) is 0 Å². The maximum absolute atomic E-state index is 12.7. The van der Waals surface area contributed by atoms with Crippen molar-refractivity contribution in [1.82, 2.24) is 4.31 Å². The van der Waals surface area contributed by atoms with Gasteiger partial charge in [0.25, 0.3) is 0 Å². The van der Waals surface area contributed by atoms with E-state index >= 15 is 0 Å². The largest absolute Gasteiger partial charge is 0.288 e. The molecule has 0 amide bonds. The fourth-order valence-corrected chi connectivity index (χ4v) is 4.36. The summed E-state index contributed by atoms with van der Waals surface area (Å²) in [6.45, 7) is 5.47. The van der Waals surface area contributed by atoms with Gasteiger partial charge >= 0.3 is 0 Å². The first-order chi connectivity index (χ1) is 8.82. The van der Waals surface area contributed by atoms with Crippen molar-refractivity contribution in [3.05, 3.63) is 23.8 Å². The fraction of sp³-hybridized carbons (Fsp3) is 0.643. The maximum Gasteiger partial charge on any atom is 0.242 e. The highest BCUT2D eigenvalue weighted by molar-refractivity contribution is 7.90. The molecule has 0 saturated heterocycles. The summed E-state index contributed by atoms with van der Waals surface area (Å²) in [4.78, 5) is 0. The van der Waals surface area contributed by atoms with E-state index in [0.29, 0.717) is 0 Å². The highest BCUT2D eigenvalue weighted by Gasteiger charge is 2.36. The molecule has 1 N–H and O–H groups in total. The summed E-state index contributed by atoms with van der Waals surface area (Å²) in [5, 5.41) is 7.05. The molecule has 4 nitrogen and oxygen atoms in total. The summed E-state index contributed by atoms with van der Waals surface area (Å²) in [5.74, 6) is 0.102. The molecule has 1 aliphatic rings. The zero-order chi connectivity index (χ0) is 14.6. The van der Waals surface area contributed by atoms with Crippen molar-refractivity contribution in [3.8, 4) is 0 Å². The quantitative estimate of drug-likeness (QED) is 0.623. The molecular weight excluding hydrogens is 260 g/mol. The minimum absolute atomic E-state index is 0.0459. The minimum atomic E-state index is -3.50. The number of nitrogens with one attached hydrogen (secondary N) is 1. The molecule has 1 aliphatic carbocycles. The number of sulfonamides is 1. The highest BCUT2D eigenvalue weighted by Crippen LogP contribution is 2.30. The summed E-state index contributed by atoms with van der Waals surface area (Å²) in [6, 6.07) is 0. The van der Waals surface area contributed by atoms with Gasteiger partial charge < -0.3 is 0 Å². The van der Waals surface area contributed by atoms with Gasteiger partial charge in [0.15, 0.2) is 0 Å². The molecule has 0 fully saturated rings. The number of allylic oxidation sites excluding steroid dienone is 3. The van der Waals surface area contributed by atoms with Crippen LogP contribution in [0.25, 0.3) is 0 Å². The smallest absolute Gasteiger partial charge is 0.242 e. The van der Waals surface area contributed by atoms with Crippen molar-refractivity contribution in [3.63, 3.8) is 0 Å². The molecule has 0 saturated carbocycles. The Morgan fingerprint density at radius 1 is 1.53 bits per heavy atom. The van der Waals surface area contributed by atoms with Gasteiger partial charge in [-0.25, -0.2) is 8.42 Å². The average molecular weight is 284 g/mol. The molecule has 0 aromatic heterocycles. The summed E-state index contributed by atoms with van der Waals surface area (Å²) in [6.07, 6.45) is 8.38. The van der Waals surface area contributed by atoms with Gasteiger partial charge in [0.2, 0.25) is 10.0 Å². The monoisotopic (exact) mass is 284 g/mol. The lowest BCUT2D eigenvalue weighted by Crippen LogP contribution is -2.42. The predicted octanol–water partition coefficient (Wildman–Crippen LogP) is 2.94. The van der Waals surface area contributed by atoms with Gasteiger partial charge in [-0.1, -0.05) is 38.5 Å². The predicted molar refractivity (Wildman–Crippen MR) is 79.8 cm³/mol. The third-order valence-electron chi connectivity index (χ3n) is 3.75. The van der Waals surface area contributed by atoms with Crippen molar-refractivity contribution in [2.24, 2.45) is 5.92 Å². The van der Waals surface area contributed by atoms with Gasteiger partial charge in [0.05, 0.1) is 0 Å². The van der Waals surface area contributed by atoms with Gasteiger partial charge in [-0.15, -0.1) is 0 Å². The van der Waals surface area contributed by atoms with Crippen LogP contribution < -0.4 is 0 Å². The Hall–Kier alpha value is -1.10. The Bertz CT molecular complexity index is 492. The molecule has 0 aliphatic heterocycles. The molecule has 108 valence electrons. The van der Waals surface area contributed by atoms with Gasteiger partial charge in [0.1, 0.15) is 11.1 Å². The molecule has 0 heterocycles. The van der Waals surface area contributed by atoms with Crippen LogP contribution in [0, 0.1) is 11.3 Å². The molecule has 0 bridgehead atoms. The van der Waals surface area contributed by atoms with Crippen LogP contribution in [0.15, 0.2) is 23.8 Å². The van der Waals surface area contributed by atoms with E-state index < -0.39 is 15.3 Å². The Labute approximate surface area is 116 Å². The normalized spacial score (nSPS) is 18.6. The first kappa shape index (κ1) is 16.0. The molecule has 0 aromatic rings. The summed E-state index contributed by atoms with van der Waals surface area (Å²) in [7, 11) is -2.04. The highest BCUT2D eigenvalue weighted by atomic mass is 32.2. The molecule has 0 radical (unpaired) electrons. The van der Waals surface area contributed by atoms with E-state index in [9.17, 15) is 8.42 Å². The van der Waals surface area contributed by atoms with E-state index in [0.717, 1.165) is 29.1 Å². The minimum Gasteiger partial charge on any atom is -0.288 e. The summed E-state index contributed by atoms with van der Waals surface area (Å²) < 4.78 is 26.5. The second kappa shape index (κ2) is 6.37. The van der Waals surface area contributed by atoms with Gasteiger partial charge in [-0.05, 0) is 31.3 Å². The Balaban J connectivity index is 3.21.